The molecule has 2 aliphatic rings. The minimum Gasteiger partial charge on any atom is -0.464 e. The number of amides is 1. The van der Waals surface area contributed by atoms with E-state index in [1.807, 2.05) is 4.90 Å². The molecule has 0 saturated carbocycles. The average Bonchev–Trinajstić information content (AvgIpc) is 2.73. The molecule has 8 heteroatoms. The van der Waals surface area contributed by atoms with Gasteiger partial charge in [0.15, 0.2) is 5.75 Å². The molecule has 3 rings (SSSR count). The smallest absolute Gasteiger partial charge is 0.415 e. The van der Waals surface area contributed by atoms with Crippen LogP contribution in [0.25, 0.3) is 0 Å². The Bertz CT molecular complexity index is 673. The maximum atomic E-state index is 12.9. The number of ether oxygens (including phenoxy) is 2. The van der Waals surface area contributed by atoms with Crippen molar-refractivity contribution in [1.82, 2.24) is 20.1 Å². The van der Waals surface area contributed by atoms with E-state index < -0.39 is 5.97 Å². The summed E-state index contributed by atoms with van der Waals surface area (Å²) in [7, 11) is 1.30. The van der Waals surface area contributed by atoms with Crippen LogP contribution in [0.4, 0.5) is 4.79 Å². The van der Waals surface area contributed by atoms with Crippen molar-refractivity contribution in [2.75, 3.05) is 39.8 Å². The standard InChI is InChI=1S/C20H30N4O4/c1-14(2)23-10-11-24(18(13-23)15-6-8-21-9-7-15)20(26)28-16-4-5-17(22-12-16)19(25)27-3/h4-5,12,14-15,18,21H,6-11,13H2,1-3H3. The molecule has 1 N–H and O–H groups in total. The largest absolute Gasteiger partial charge is 0.464 e. The van der Waals surface area contributed by atoms with E-state index in [1.165, 1.54) is 19.4 Å². The number of aromatic nitrogens is 1. The number of nitrogens with zero attached hydrogens (tertiary/aromatic N) is 3. The van der Waals surface area contributed by atoms with Gasteiger partial charge in [-0.1, -0.05) is 0 Å². The van der Waals surface area contributed by atoms with Gasteiger partial charge in [0.05, 0.1) is 19.3 Å². The van der Waals surface area contributed by atoms with E-state index in [2.05, 4.69) is 33.8 Å². The Balaban J connectivity index is 1.69. The fourth-order valence-corrected chi connectivity index (χ4v) is 3.99. The van der Waals surface area contributed by atoms with Gasteiger partial charge in [0, 0.05) is 25.7 Å². The first-order valence-electron chi connectivity index (χ1n) is 9.97. The Morgan fingerprint density at radius 3 is 2.57 bits per heavy atom. The zero-order valence-electron chi connectivity index (χ0n) is 16.9. The molecule has 28 heavy (non-hydrogen) atoms. The van der Waals surface area contributed by atoms with Crippen molar-refractivity contribution >= 4 is 12.1 Å². The first-order valence-corrected chi connectivity index (χ1v) is 9.97. The van der Waals surface area contributed by atoms with Gasteiger partial charge in [0.2, 0.25) is 0 Å². The summed E-state index contributed by atoms with van der Waals surface area (Å²) >= 11 is 0. The average molecular weight is 390 g/mol. The van der Waals surface area contributed by atoms with Crippen molar-refractivity contribution in [2.45, 2.75) is 38.8 Å². The van der Waals surface area contributed by atoms with Gasteiger partial charge in [-0.05, 0) is 57.8 Å². The monoisotopic (exact) mass is 390 g/mol. The lowest BCUT2D eigenvalue weighted by Crippen LogP contribution is -2.60. The molecule has 1 unspecified atom stereocenters. The Hall–Kier alpha value is -2.19. The maximum Gasteiger partial charge on any atom is 0.415 e. The van der Waals surface area contributed by atoms with Crippen molar-refractivity contribution in [1.29, 1.82) is 0 Å². The highest BCUT2D eigenvalue weighted by atomic mass is 16.6. The van der Waals surface area contributed by atoms with Crippen LogP contribution in [0.5, 0.6) is 5.75 Å². The Morgan fingerprint density at radius 1 is 1.21 bits per heavy atom. The molecule has 1 atom stereocenters. The van der Waals surface area contributed by atoms with E-state index in [-0.39, 0.29) is 17.8 Å². The maximum absolute atomic E-state index is 12.9. The third kappa shape index (κ3) is 4.80. The predicted molar refractivity (Wildman–Crippen MR) is 104 cm³/mol. The van der Waals surface area contributed by atoms with Gasteiger partial charge in [0.1, 0.15) is 5.69 Å². The lowest BCUT2D eigenvalue weighted by molar-refractivity contribution is 0.0272. The number of piperazine rings is 1. The van der Waals surface area contributed by atoms with Crippen LogP contribution in [-0.4, -0.2) is 78.8 Å². The van der Waals surface area contributed by atoms with E-state index in [9.17, 15) is 9.59 Å². The summed E-state index contributed by atoms with van der Waals surface area (Å²) < 4.78 is 10.2. The van der Waals surface area contributed by atoms with Crippen LogP contribution >= 0.6 is 0 Å². The summed E-state index contributed by atoms with van der Waals surface area (Å²) in [6.45, 7) is 8.74. The molecule has 0 spiro atoms. The SMILES string of the molecule is COC(=O)c1ccc(OC(=O)N2CCN(C(C)C)CC2C2CCNCC2)cn1. The zero-order chi connectivity index (χ0) is 20.1. The normalized spacial score (nSPS) is 21.6. The highest BCUT2D eigenvalue weighted by molar-refractivity contribution is 5.87. The highest BCUT2D eigenvalue weighted by Gasteiger charge is 2.37. The van der Waals surface area contributed by atoms with Crippen LogP contribution in [0.15, 0.2) is 18.3 Å². The number of hydrogen-bond acceptors (Lipinski definition) is 7. The fourth-order valence-electron chi connectivity index (χ4n) is 3.99. The van der Waals surface area contributed by atoms with Crippen molar-refractivity contribution in [2.24, 2.45) is 5.92 Å². The molecule has 3 heterocycles. The molecule has 1 amide bonds. The number of carbonyl (C=O) groups excluding carboxylic acids is 2. The van der Waals surface area contributed by atoms with Crippen molar-refractivity contribution < 1.29 is 19.1 Å². The first kappa shape index (κ1) is 20.5. The summed E-state index contributed by atoms with van der Waals surface area (Å²) in [5, 5.41) is 3.40. The number of methoxy groups -OCH3 is 1. The number of rotatable bonds is 4. The molecule has 1 aromatic rings. The number of piperidine rings is 1. The number of hydrogen-bond donors (Lipinski definition) is 1. The fraction of sp³-hybridized carbons (Fsp3) is 0.650. The second kappa shape index (κ2) is 9.34. The van der Waals surface area contributed by atoms with Crippen LogP contribution in [0.2, 0.25) is 0 Å². The lowest BCUT2D eigenvalue weighted by Gasteiger charge is -2.46. The lowest BCUT2D eigenvalue weighted by atomic mass is 9.87. The van der Waals surface area contributed by atoms with Gasteiger partial charge in [-0.25, -0.2) is 14.6 Å². The van der Waals surface area contributed by atoms with E-state index >= 15 is 0 Å². The highest BCUT2D eigenvalue weighted by Crippen LogP contribution is 2.26. The van der Waals surface area contributed by atoms with Crippen LogP contribution in [0.1, 0.15) is 37.2 Å². The second-order valence-corrected chi connectivity index (χ2v) is 7.68. The molecule has 1 aromatic heterocycles. The topological polar surface area (TPSA) is 84.0 Å². The molecule has 2 saturated heterocycles. The predicted octanol–water partition coefficient (Wildman–Crippen LogP) is 1.76. The van der Waals surface area contributed by atoms with E-state index in [0.717, 1.165) is 39.0 Å². The van der Waals surface area contributed by atoms with Crippen LogP contribution < -0.4 is 10.1 Å². The van der Waals surface area contributed by atoms with Gasteiger partial charge >= 0.3 is 12.1 Å². The van der Waals surface area contributed by atoms with Crippen molar-refractivity contribution in [3.05, 3.63) is 24.0 Å². The van der Waals surface area contributed by atoms with E-state index in [0.29, 0.717) is 24.3 Å². The number of carbonyl (C=O) groups is 2. The molecule has 0 aliphatic carbocycles. The van der Waals surface area contributed by atoms with Gasteiger partial charge in [-0.2, -0.15) is 0 Å². The van der Waals surface area contributed by atoms with Gasteiger partial charge in [0.25, 0.3) is 0 Å². The Kier molecular flexibility index (Phi) is 6.85. The summed E-state index contributed by atoms with van der Waals surface area (Å²) in [6, 6.07) is 3.67. The first-order chi connectivity index (χ1) is 13.5. The molecule has 0 radical (unpaired) electrons. The van der Waals surface area contributed by atoms with Crippen molar-refractivity contribution in [3.8, 4) is 5.75 Å². The minimum absolute atomic E-state index is 0.146. The Labute approximate surface area is 166 Å². The molecule has 154 valence electrons. The molecule has 2 aliphatic heterocycles. The summed E-state index contributed by atoms with van der Waals surface area (Å²) in [4.78, 5) is 32.7. The van der Waals surface area contributed by atoms with Gasteiger partial charge in [-0.3, -0.25) is 4.90 Å². The van der Waals surface area contributed by atoms with Crippen molar-refractivity contribution in [3.63, 3.8) is 0 Å². The summed E-state index contributed by atoms with van der Waals surface area (Å²) in [5.74, 6) is 0.275. The quantitative estimate of drug-likeness (QED) is 0.784. The number of esters is 1. The summed E-state index contributed by atoms with van der Waals surface area (Å²) in [6.07, 6.45) is 3.17. The van der Waals surface area contributed by atoms with Crippen LogP contribution in [0.3, 0.4) is 0 Å². The molecule has 0 aromatic carbocycles. The summed E-state index contributed by atoms with van der Waals surface area (Å²) in [5.41, 5.74) is 0.181. The number of nitrogens with one attached hydrogen (secondary N) is 1. The van der Waals surface area contributed by atoms with Crippen LogP contribution in [-0.2, 0) is 4.74 Å². The molecular formula is C20H30N4O4. The van der Waals surface area contributed by atoms with E-state index in [1.54, 1.807) is 6.07 Å². The third-order valence-electron chi connectivity index (χ3n) is 5.68. The van der Waals surface area contributed by atoms with Gasteiger partial charge < -0.3 is 19.7 Å². The molecule has 0 bridgehead atoms. The van der Waals surface area contributed by atoms with Gasteiger partial charge in [-0.15, -0.1) is 0 Å². The third-order valence-corrected chi connectivity index (χ3v) is 5.68. The second-order valence-electron chi connectivity index (χ2n) is 7.68. The molecule has 2 fully saturated rings. The minimum atomic E-state index is -0.520. The molecule has 8 nitrogen and oxygen atoms in total. The Morgan fingerprint density at radius 2 is 1.96 bits per heavy atom. The zero-order valence-corrected chi connectivity index (χ0v) is 16.9. The van der Waals surface area contributed by atoms with Crippen LogP contribution in [0, 0.1) is 5.92 Å². The number of pyridine rings is 1. The van der Waals surface area contributed by atoms with E-state index in [4.69, 9.17) is 4.74 Å². The molecular weight excluding hydrogens is 360 g/mol.